The van der Waals surface area contributed by atoms with Crippen LogP contribution in [0.4, 0.5) is 0 Å². The highest BCUT2D eigenvalue weighted by atomic mass is 16.7. The Morgan fingerprint density at radius 3 is 2.43 bits per heavy atom. The standard InChI is InChI=1S/C11H12O3/c12-6-5-9-1-3-10(4-2-9)11-13-7-8-14-11/h1-4,6,11H,5,7-8H2. The van der Waals surface area contributed by atoms with Gasteiger partial charge in [-0.05, 0) is 5.56 Å². The SMILES string of the molecule is O=CCc1ccc(C2OCCO2)cc1. The maximum absolute atomic E-state index is 10.3. The summed E-state index contributed by atoms with van der Waals surface area (Å²) < 4.78 is 10.7. The van der Waals surface area contributed by atoms with Gasteiger partial charge in [0, 0.05) is 12.0 Å². The predicted octanol–water partition coefficient (Wildman–Crippen LogP) is 1.47. The smallest absolute Gasteiger partial charge is 0.184 e. The predicted molar refractivity (Wildman–Crippen MR) is 50.9 cm³/mol. The van der Waals surface area contributed by atoms with Gasteiger partial charge in [0.25, 0.3) is 0 Å². The van der Waals surface area contributed by atoms with E-state index in [0.29, 0.717) is 19.6 Å². The fraction of sp³-hybridized carbons (Fsp3) is 0.364. The van der Waals surface area contributed by atoms with Crippen LogP contribution in [0, 0.1) is 0 Å². The molecular weight excluding hydrogens is 180 g/mol. The van der Waals surface area contributed by atoms with Crippen molar-refractivity contribution < 1.29 is 14.3 Å². The molecule has 0 N–H and O–H groups in total. The molecule has 3 heteroatoms. The molecule has 0 aliphatic carbocycles. The lowest BCUT2D eigenvalue weighted by Crippen LogP contribution is -1.98. The Balaban J connectivity index is 2.08. The van der Waals surface area contributed by atoms with Crippen molar-refractivity contribution in [1.82, 2.24) is 0 Å². The molecular formula is C11H12O3. The number of benzene rings is 1. The van der Waals surface area contributed by atoms with Gasteiger partial charge in [-0.3, -0.25) is 0 Å². The fourth-order valence-corrected chi connectivity index (χ4v) is 1.46. The third-order valence-corrected chi connectivity index (χ3v) is 2.19. The molecule has 0 spiro atoms. The van der Waals surface area contributed by atoms with Crippen LogP contribution in [0.2, 0.25) is 0 Å². The number of ether oxygens (including phenoxy) is 2. The van der Waals surface area contributed by atoms with Crippen LogP contribution in [-0.2, 0) is 20.7 Å². The molecule has 0 atom stereocenters. The number of carbonyl (C=O) groups excluding carboxylic acids is 1. The van der Waals surface area contributed by atoms with Crippen molar-refractivity contribution in [3.05, 3.63) is 35.4 Å². The Hall–Kier alpha value is -1.19. The van der Waals surface area contributed by atoms with Gasteiger partial charge in [0.1, 0.15) is 6.29 Å². The van der Waals surface area contributed by atoms with Gasteiger partial charge in [-0.25, -0.2) is 0 Å². The topological polar surface area (TPSA) is 35.5 Å². The lowest BCUT2D eigenvalue weighted by atomic mass is 10.1. The van der Waals surface area contributed by atoms with Crippen molar-refractivity contribution in [3.8, 4) is 0 Å². The molecule has 14 heavy (non-hydrogen) atoms. The van der Waals surface area contributed by atoms with Crippen molar-refractivity contribution in [2.45, 2.75) is 12.7 Å². The first kappa shape index (κ1) is 9.37. The van der Waals surface area contributed by atoms with Gasteiger partial charge >= 0.3 is 0 Å². The van der Waals surface area contributed by atoms with Crippen LogP contribution in [0.1, 0.15) is 17.4 Å². The number of aldehydes is 1. The molecule has 1 heterocycles. The average Bonchev–Trinajstić information content (AvgIpc) is 2.72. The zero-order chi connectivity index (χ0) is 9.80. The highest BCUT2D eigenvalue weighted by Crippen LogP contribution is 2.23. The Morgan fingerprint density at radius 1 is 1.21 bits per heavy atom. The van der Waals surface area contributed by atoms with Crippen LogP contribution in [0.25, 0.3) is 0 Å². The third kappa shape index (κ3) is 2.00. The van der Waals surface area contributed by atoms with Gasteiger partial charge in [0.15, 0.2) is 6.29 Å². The summed E-state index contributed by atoms with van der Waals surface area (Å²) >= 11 is 0. The van der Waals surface area contributed by atoms with Crippen LogP contribution < -0.4 is 0 Å². The number of carbonyl (C=O) groups is 1. The molecule has 0 amide bonds. The van der Waals surface area contributed by atoms with E-state index in [9.17, 15) is 4.79 Å². The van der Waals surface area contributed by atoms with Crippen LogP contribution in [-0.4, -0.2) is 19.5 Å². The van der Waals surface area contributed by atoms with Crippen molar-refractivity contribution >= 4 is 6.29 Å². The number of rotatable bonds is 3. The summed E-state index contributed by atoms with van der Waals surface area (Å²) in [5.41, 5.74) is 2.03. The van der Waals surface area contributed by atoms with Crippen molar-refractivity contribution in [1.29, 1.82) is 0 Å². The molecule has 1 saturated heterocycles. The summed E-state index contributed by atoms with van der Waals surface area (Å²) in [5, 5.41) is 0. The lowest BCUT2D eigenvalue weighted by molar-refractivity contribution is -0.107. The van der Waals surface area contributed by atoms with E-state index in [1.807, 2.05) is 24.3 Å². The van der Waals surface area contributed by atoms with Crippen LogP contribution in [0.15, 0.2) is 24.3 Å². The molecule has 1 aromatic rings. The summed E-state index contributed by atoms with van der Waals surface area (Å²) in [6.07, 6.45) is 1.14. The average molecular weight is 192 g/mol. The second-order valence-corrected chi connectivity index (χ2v) is 3.19. The monoisotopic (exact) mass is 192 g/mol. The first-order chi connectivity index (χ1) is 6.90. The Morgan fingerprint density at radius 2 is 1.86 bits per heavy atom. The first-order valence-electron chi connectivity index (χ1n) is 4.66. The lowest BCUT2D eigenvalue weighted by Gasteiger charge is -2.09. The van der Waals surface area contributed by atoms with Crippen molar-refractivity contribution in [3.63, 3.8) is 0 Å². The minimum Gasteiger partial charge on any atom is -0.346 e. The second kappa shape index (κ2) is 4.35. The molecule has 3 nitrogen and oxygen atoms in total. The molecule has 0 bridgehead atoms. The zero-order valence-corrected chi connectivity index (χ0v) is 7.81. The maximum Gasteiger partial charge on any atom is 0.184 e. The normalized spacial score (nSPS) is 17.1. The highest BCUT2D eigenvalue weighted by Gasteiger charge is 2.17. The molecule has 1 aliphatic heterocycles. The van der Waals surface area contributed by atoms with E-state index < -0.39 is 0 Å². The third-order valence-electron chi connectivity index (χ3n) is 2.19. The van der Waals surface area contributed by atoms with Crippen LogP contribution >= 0.6 is 0 Å². The molecule has 2 rings (SSSR count). The van der Waals surface area contributed by atoms with E-state index in [1.54, 1.807) is 0 Å². The Labute approximate surface area is 82.6 Å². The summed E-state index contributed by atoms with van der Waals surface area (Å²) in [6.45, 7) is 1.31. The number of hydrogen-bond donors (Lipinski definition) is 0. The van der Waals surface area contributed by atoms with E-state index in [1.165, 1.54) is 0 Å². The minimum atomic E-state index is -0.222. The molecule has 1 aliphatic rings. The Kier molecular flexibility index (Phi) is 2.91. The van der Waals surface area contributed by atoms with Gasteiger partial charge in [-0.1, -0.05) is 24.3 Å². The molecule has 1 fully saturated rings. The van der Waals surface area contributed by atoms with Gasteiger partial charge in [0.2, 0.25) is 0 Å². The van der Waals surface area contributed by atoms with Gasteiger partial charge in [-0.2, -0.15) is 0 Å². The van der Waals surface area contributed by atoms with E-state index in [2.05, 4.69) is 0 Å². The highest BCUT2D eigenvalue weighted by molar-refractivity contribution is 5.54. The van der Waals surface area contributed by atoms with Crippen LogP contribution in [0.5, 0.6) is 0 Å². The minimum absolute atomic E-state index is 0.222. The van der Waals surface area contributed by atoms with Gasteiger partial charge < -0.3 is 14.3 Å². The molecule has 74 valence electrons. The van der Waals surface area contributed by atoms with E-state index in [0.717, 1.165) is 17.4 Å². The van der Waals surface area contributed by atoms with Gasteiger partial charge in [-0.15, -0.1) is 0 Å². The largest absolute Gasteiger partial charge is 0.346 e. The molecule has 0 saturated carbocycles. The summed E-state index contributed by atoms with van der Waals surface area (Å²) in [7, 11) is 0. The van der Waals surface area contributed by atoms with E-state index in [-0.39, 0.29) is 6.29 Å². The van der Waals surface area contributed by atoms with E-state index in [4.69, 9.17) is 9.47 Å². The fourth-order valence-electron chi connectivity index (χ4n) is 1.46. The second-order valence-electron chi connectivity index (χ2n) is 3.19. The van der Waals surface area contributed by atoms with Crippen LogP contribution in [0.3, 0.4) is 0 Å². The summed E-state index contributed by atoms with van der Waals surface area (Å²) in [6, 6.07) is 7.73. The zero-order valence-electron chi connectivity index (χ0n) is 7.81. The van der Waals surface area contributed by atoms with Gasteiger partial charge in [0.05, 0.1) is 13.2 Å². The Bertz CT molecular complexity index is 299. The molecule has 0 unspecified atom stereocenters. The number of hydrogen-bond acceptors (Lipinski definition) is 3. The van der Waals surface area contributed by atoms with Crippen molar-refractivity contribution in [2.24, 2.45) is 0 Å². The quantitative estimate of drug-likeness (QED) is 0.680. The first-order valence-corrected chi connectivity index (χ1v) is 4.66. The van der Waals surface area contributed by atoms with Crippen molar-refractivity contribution in [2.75, 3.05) is 13.2 Å². The molecule has 0 radical (unpaired) electrons. The maximum atomic E-state index is 10.3. The summed E-state index contributed by atoms with van der Waals surface area (Å²) in [4.78, 5) is 10.3. The molecule has 0 aromatic heterocycles. The molecule has 1 aromatic carbocycles. The summed E-state index contributed by atoms with van der Waals surface area (Å²) in [5.74, 6) is 0. The van der Waals surface area contributed by atoms with E-state index >= 15 is 0 Å².